The van der Waals surface area contributed by atoms with Gasteiger partial charge in [0, 0.05) is 5.92 Å². The molecule has 0 heterocycles. The molecule has 1 saturated carbocycles. The second-order valence-corrected chi connectivity index (χ2v) is 5.79. The monoisotopic (exact) mass is 360 g/mol. The molecule has 0 aromatic heterocycles. The molecule has 0 unspecified atom stereocenters. The fourth-order valence-electron chi connectivity index (χ4n) is 3.05. The van der Waals surface area contributed by atoms with E-state index in [-0.39, 0.29) is 5.92 Å². The molecule has 1 aliphatic rings. The first-order chi connectivity index (χ1) is 11.8. The third kappa shape index (κ3) is 4.32. The van der Waals surface area contributed by atoms with Crippen LogP contribution in [0.25, 0.3) is 0 Å². The molecule has 2 rings (SSSR count). The molecule has 1 aromatic rings. The molecule has 0 spiro atoms. The minimum absolute atomic E-state index is 0.292. The fourth-order valence-corrected chi connectivity index (χ4v) is 3.05. The van der Waals surface area contributed by atoms with Crippen molar-refractivity contribution in [3.8, 4) is 17.6 Å². The number of nitriles is 1. The molecule has 1 aliphatic carbocycles. The van der Waals surface area contributed by atoms with Gasteiger partial charge < -0.3 is 15.2 Å². The van der Waals surface area contributed by atoms with E-state index in [1.54, 1.807) is 0 Å². The van der Waals surface area contributed by atoms with E-state index in [9.17, 15) is 27.6 Å². The standard InChI is InChI=1S/C16H16F4N2O3/c17-14(18)24-11-2-1-10(7-12(11)25-15(19)20)16(8-21)5-3-9(4-6-16)13(22)23/h1-2,7,9,14-15H,3-6H2,(H2,22,23)/t9-,16+. The highest BCUT2D eigenvalue weighted by atomic mass is 19.3. The number of nitrogens with zero attached hydrogens (tertiary/aromatic N) is 1. The summed E-state index contributed by atoms with van der Waals surface area (Å²) in [5.41, 5.74) is 4.58. The summed E-state index contributed by atoms with van der Waals surface area (Å²) in [6.45, 7) is -6.44. The quantitative estimate of drug-likeness (QED) is 0.789. The van der Waals surface area contributed by atoms with Gasteiger partial charge in [0.2, 0.25) is 5.91 Å². The number of hydrogen-bond donors (Lipinski definition) is 1. The molecule has 0 radical (unpaired) electrons. The van der Waals surface area contributed by atoms with Gasteiger partial charge in [0.1, 0.15) is 0 Å². The maximum atomic E-state index is 12.5. The van der Waals surface area contributed by atoms with Crippen LogP contribution in [0.4, 0.5) is 17.6 Å². The highest BCUT2D eigenvalue weighted by molar-refractivity contribution is 5.76. The normalized spacial score (nSPS) is 23.3. The molecule has 1 amide bonds. The fraction of sp³-hybridized carbons (Fsp3) is 0.500. The van der Waals surface area contributed by atoms with E-state index in [0.717, 1.165) is 12.1 Å². The van der Waals surface area contributed by atoms with Crippen LogP contribution in [-0.4, -0.2) is 19.1 Å². The first-order valence-corrected chi connectivity index (χ1v) is 7.52. The third-order valence-corrected chi connectivity index (χ3v) is 4.38. The lowest BCUT2D eigenvalue weighted by Crippen LogP contribution is -2.35. The van der Waals surface area contributed by atoms with Crippen LogP contribution in [0.1, 0.15) is 31.2 Å². The Morgan fingerprint density at radius 1 is 1.16 bits per heavy atom. The van der Waals surface area contributed by atoms with Crippen molar-refractivity contribution in [1.29, 1.82) is 5.26 Å². The minimum Gasteiger partial charge on any atom is -0.431 e. The van der Waals surface area contributed by atoms with Crippen molar-refractivity contribution in [2.75, 3.05) is 0 Å². The summed E-state index contributed by atoms with van der Waals surface area (Å²) in [4.78, 5) is 11.3. The van der Waals surface area contributed by atoms with Crippen molar-refractivity contribution in [1.82, 2.24) is 0 Å². The summed E-state index contributed by atoms with van der Waals surface area (Å²) in [5.74, 6) is -1.91. The van der Waals surface area contributed by atoms with Gasteiger partial charge in [-0.2, -0.15) is 22.8 Å². The van der Waals surface area contributed by atoms with Gasteiger partial charge in [-0.05, 0) is 43.4 Å². The SMILES string of the molecule is N#C[C@]1(c2ccc(OC(F)F)c(OC(F)F)c2)CC[C@@H](C(N)=O)CC1. The van der Waals surface area contributed by atoms with Crippen LogP contribution in [0.5, 0.6) is 11.5 Å². The van der Waals surface area contributed by atoms with Crippen LogP contribution < -0.4 is 15.2 Å². The van der Waals surface area contributed by atoms with Crippen molar-refractivity contribution in [2.45, 2.75) is 44.3 Å². The zero-order chi connectivity index (χ0) is 18.6. The van der Waals surface area contributed by atoms with Gasteiger partial charge in [-0.3, -0.25) is 4.79 Å². The lowest BCUT2D eigenvalue weighted by molar-refractivity contribution is -0.122. The van der Waals surface area contributed by atoms with Gasteiger partial charge in [0.25, 0.3) is 0 Å². The molecular formula is C16H16F4N2O3. The number of carbonyl (C=O) groups excluding carboxylic acids is 1. The zero-order valence-corrected chi connectivity index (χ0v) is 13.1. The van der Waals surface area contributed by atoms with Crippen molar-refractivity contribution < 1.29 is 31.8 Å². The Bertz CT molecular complexity index is 668. The maximum absolute atomic E-state index is 12.5. The van der Waals surface area contributed by atoms with E-state index in [1.807, 2.05) is 0 Å². The molecule has 1 aromatic carbocycles. The van der Waals surface area contributed by atoms with Crippen LogP contribution in [0.15, 0.2) is 18.2 Å². The van der Waals surface area contributed by atoms with E-state index in [2.05, 4.69) is 15.5 Å². The van der Waals surface area contributed by atoms with E-state index in [0.29, 0.717) is 31.2 Å². The molecule has 0 aliphatic heterocycles. The summed E-state index contributed by atoms with van der Waals surface area (Å²) in [5, 5.41) is 9.60. The molecule has 0 atom stereocenters. The van der Waals surface area contributed by atoms with Gasteiger partial charge in [-0.25, -0.2) is 0 Å². The van der Waals surface area contributed by atoms with Crippen molar-refractivity contribution >= 4 is 5.91 Å². The summed E-state index contributed by atoms with van der Waals surface area (Å²) in [7, 11) is 0. The zero-order valence-electron chi connectivity index (χ0n) is 13.1. The minimum atomic E-state index is -3.24. The molecule has 5 nitrogen and oxygen atoms in total. The van der Waals surface area contributed by atoms with Crippen molar-refractivity contribution in [3.05, 3.63) is 23.8 Å². The number of halogens is 4. The first-order valence-electron chi connectivity index (χ1n) is 7.52. The summed E-state index contributed by atoms with van der Waals surface area (Å²) < 4.78 is 58.3. The maximum Gasteiger partial charge on any atom is 0.387 e. The number of amides is 1. The van der Waals surface area contributed by atoms with Gasteiger partial charge in [0.15, 0.2) is 11.5 Å². The van der Waals surface area contributed by atoms with Gasteiger partial charge in [0.05, 0.1) is 11.5 Å². The second-order valence-electron chi connectivity index (χ2n) is 5.79. The van der Waals surface area contributed by atoms with Crippen LogP contribution in [-0.2, 0) is 10.2 Å². The lowest BCUT2D eigenvalue weighted by Gasteiger charge is -2.34. The highest BCUT2D eigenvalue weighted by Crippen LogP contribution is 2.44. The molecule has 0 saturated heterocycles. The third-order valence-electron chi connectivity index (χ3n) is 4.38. The summed E-state index contributed by atoms with van der Waals surface area (Å²) in [6.07, 6.45) is 1.34. The number of primary amides is 1. The first kappa shape index (κ1) is 18.8. The topological polar surface area (TPSA) is 85.3 Å². The van der Waals surface area contributed by atoms with E-state index >= 15 is 0 Å². The molecular weight excluding hydrogens is 344 g/mol. The number of benzene rings is 1. The Balaban J connectivity index is 2.34. The van der Waals surface area contributed by atoms with Crippen molar-refractivity contribution in [2.24, 2.45) is 11.7 Å². The van der Waals surface area contributed by atoms with Gasteiger partial charge in [-0.15, -0.1) is 0 Å². The van der Waals surface area contributed by atoms with E-state index in [4.69, 9.17) is 5.73 Å². The van der Waals surface area contributed by atoms with Crippen LogP contribution in [0.3, 0.4) is 0 Å². The molecule has 25 heavy (non-hydrogen) atoms. The van der Waals surface area contributed by atoms with Crippen LogP contribution in [0.2, 0.25) is 0 Å². The number of hydrogen-bond acceptors (Lipinski definition) is 4. The van der Waals surface area contributed by atoms with Crippen LogP contribution in [0, 0.1) is 17.2 Å². The number of ether oxygens (including phenoxy) is 2. The summed E-state index contributed by atoms with van der Waals surface area (Å²) in [6, 6.07) is 5.69. The second kappa shape index (κ2) is 7.59. The van der Waals surface area contributed by atoms with Gasteiger partial charge in [-0.1, -0.05) is 6.07 Å². The van der Waals surface area contributed by atoms with Crippen LogP contribution >= 0.6 is 0 Å². The average Bonchev–Trinajstić information content (AvgIpc) is 2.55. The predicted octanol–water partition coefficient (Wildman–Crippen LogP) is 3.33. The number of nitrogens with two attached hydrogens (primary N) is 1. The largest absolute Gasteiger partial charge is 0.431 e. The van der Waals surface area contributed by atoms with Gasteiger partial charge >= 0.3 is 13.2 Å². The van der Waals surface area contributed by atoms with E-state index in [1.165, 1.54) is 6.07 Å². The Morgan fingerprint density at radius 3 is 2.20 bits per heavy atom. The number of alkyl halides is 4. The molecule has 136 valence electrons. The Hall–Kier alpha value is -2.50. The molecule has 2 N–H and O–H groups in total. The predicted molar refractivity (Wildman–Crippen MR) is 78.1 cm³/mol. The smallest absolute Gasteiger partial charge is 0.387 e. The summed E-state index contributed by atoms with van der Waals surface area (Å²) >= 11 is 0. The Labute approximate surface area is 141 Å². The molecule has 1 fully saturated rings. The highest BCUT2D eigenvalue weighted by Gasteiger charge is 2.39. The average molecular weight is 360 g/mol. The Morgan fingerprint density at radius 2 is 1.72 bits per heavy atom. The van der Waals surface area contributed by atoms with E-state index < -0.39 is 36.0 Å². The molecule has 9 heteroatoms. The number of rotatable bonds is 6. The Kier molecular flexibility index (Phi) is 5.72. The lowest BCUT2D eigenvalue weighted by atomic mass is 9.67. The number of carbonyl (C=O) groups is 1. The van der Waals surface area contributed by atoms with Crippen molar-refractivity contribution in [3.63, 3.8) is 0 Å². The molecule has 0 bridgehead atoms.